The molecule has 9 nitrogen and oxygen atoms in total. The van der Waals surface area contributed by atoms with Crippen molar-refractivity contribution in [1.29, 1.82) is 0 Å². The van der Waals surface area contributed by atoms with E-state index in [0.29, 0.717) is 52.5 Å². The number of carbonyl (C=O) groups excluding carboxylic acids is 2. The molecule has 2 aromatic heterocycles. The largest absolute Gasteiger partial charge is 0.493 e. The van der Waals surface area contributed by atoms with Gasteiger partial charge in [0.05, 0.1) is 44.1 Å². The molecule has 32 heavy (non-hydrogen) atoms. The Morgan fingerprint density at radius 3 is 2.47 bits per heavy atom. The van der Waals surface area contributed by atoms with Crippen molar-refractivity contribution in [3.8, 4) is 17.2 Å². The molecule has 1 aliphatic rings. The number of amides is 3. The summed E-state index contributed by atoms with van der Waals surface area (Å²) < 4.78 is 16.0. The average Bonchev–Trinajstić information content (AvgIpc) is 3.47. The van der Waals surface area contributed by atoms with Crippen LogP contribution in [0.15, 0.2) is 29.6 Å². The normalized spacial score (nSPS) is 12.7. The smallest absolute Gasteiger partial charge is 0.322 e. The van der Waals surface area contributed by atoms with Gasteiger partial charge >= 0.3 is 6.03 Å². The summed E-state index contributed by atoms with van der Waals surface area (Å²) in [7, 11) is 4.57. The van der Waals surface area contributed by atoms with Crippen LogP contribution >= 0.6 is 22.7 Å². The summed E-state index contributed by atoms with van der Waals surface area (Å²) in [6, 6.07) is 6.71. The molecule has 1 aliphatic heterocycles. The summed E-state index contributed by atoms with van der Waals surface area (Å²) in [6.45, 7) is 0.934. The quantitative estimate of drug-likeness (QED) is 0.558. The van der Waals surface area contributed by atoms with Gasteiger partial charge in [-0.15, -0.1) is 11.3 Å². The van der Waals surface area contributed by atoms with E-state index in [1.54, 1.807) is 23.1 Å². The Kier molecular flexibility index (Phi) is 6.47. The van der Waals surface area contributed by atoms with Gasteiger partial charge in [-0.05, 0) is 11.4 Å². The van der Waals surface area contributed by atoms with Gasteiger partial charge in [0.2, 0.25) is 5.75 Å². The third kappa shape index (κ3) is 4.48. The maximum absolute atomic E-state index is 12.9. The fourth-order valence-corrected chi connectivity index (χ4v) is 4.98. The van der Waals surface area contributed by atoms with Crippen LogP contribution in [-0.2, 0) is 13.0 Å². The monoisotopic (exact) mass is 474 g/mol. The summed E-state index contributed by atoms with van der Waals surface area (Å²) in [5.74, 6) is 1.19. The number of ether oxygens (including phenoxy) is 3. The minimum atomic E-state index is -0.248. The SMILES string of the molecule is COc1cc(NC(=O)N2CCc3nc(NC(=O)c4cccs4)sc3C2)cc(OC)c1OC. The minimum absolute atomic E-state index is 0.178. The molecule has 0 saturated carbocycles. The van der Waals surface area contributed by atoms with Crippen molar-refractivity contribution in [2.45, 2.75) is 13.0 Å². The Hall–Kier alpha value is -3.31. The van der Waals surface area contributed by atoms with Gasteiger partial charge < -0.3 is 24.4 Å². The molecule has 0 bridgehead atoms. The van der Waals surface area contributed by atoms with Crippen LogP contribution in [0.25, 0.3) is 0 Å². The van der Waals surface area contributed by atoms with Crippen LogP contribution in [-0.4, -0.2) is 49.7 Å². The molecule has 4 rings (SSSR count). The number of carbonyl (C=O) groups is 2. The predicted molar refractivity (Wildman–Crippen MR) is 124 cm³/mol. The van der Waals surface area contributed by atoms with E-state index in [0.717, 1.165) is 10.6 Å². The lowest BCUT2D eigenvalue weighted by Gasteiger charge is -2.26. The van der Waals surface area contributed by atoms with Crippen molar-refractivity contribution in [3.05, 3.63) is 45.1 Å². The number of rotatable bonds is 6. The number of hydrogen-bond donors (Lipinski definition) is 2. The zero-order chi connectivity index (χ0) is 22.7. The van der Waals surface area contributed by atoms with Crippen molar-refractivity contribution >= 4 is 45.4 Å². The van der Waals surface area contributed by atoms with Gasteiger partial charge in [0.1, 0.15) is 0 Å². The molecule has 1 aromatic carbocycles. The predicted octanol–water partition coefficient (Wildman–Crippen LogP) is 4.07. The third-order valence-electron chi connectivity index (χ3n) is 4.90. The molecule has 3 aromatic rings. The molecule has 0 aliphatic carbocycles. The van der Waals surface area contributed by atoms with E-state index in [4.69, 9.17) is 14.2 Å². The van der Waals surface area contributed by atoms with Crippen molar-refractivity contribution in [1.82, 2.24) is 9.88 Å². The number of aromatic nitrogens is 1. The molecule has 0 radical (unpaired) electrons. The standard InChI is InChI=1S/C21H22N4O5S2/c1-28-14-9-12(10-15(29-2)18(14)30-3)22-21(27)25-7-6-13-17(11-25)32-20(23-13)24-19(26)16-5-4-8-31-16/h4-5,8-10H,6-7,11H2,1-3H3,(H,22,27)(H,23,24,26). The van der Waals surface area contributed by atoms with Crippen LogP contribution in [0.5, 0.6) is 17.2 Å². The number of thiazole rings is 1. The molecule has 0 atom stereocenters. The topological polar surface area (TPSA) is 102 Å². The fourth-order valence-electron chi connectivity index (χ4n) is 3.34. The van der Waals surface area contributed by atoms with Crippen LogP contribution in [0, 0.1) is 0 Å². The van der Waals surface area contributed by atoms with Gasteiger partial charge in [-0.1, -0.05) is 17.4 Å². The van der Waals surface area contributed by atoms with E-state index < -0.39 is 0 Å². The van der Waals surface area contributed by atoms with Crippen molar-refractivity contribution in [2.75, 3.05) is 38.5 Å². The molecule has 0 unspecified atom stereocenters. The molecule has 0 fully saturated rings. The van der Waals surface area contributed by atoms with Crippen LogP contribution in [0.3, 0.4) is 0 Å². The summed E-state index contributed by atoms with van der Waals surface area (Å²) >= 11 is 2.76. The average molecular weight is 475 g/mol. The molecular weight excluding hydrogens is 452 g/mol. The Bertz CT molecular complexity index is 1100. The van der Waals surface area contributed by atoms with E-state index in [1.807, 2.05) is 11.4 Å². The first-order valence-electron chi connectivity index (χ1n) is 9.71. The van der Waals surface area contributed by atoms with Gasteiger partial charge in [-0.2, -0.15) is 0 Å². The lowest BCUT2D eigenvalue weighted by Crippen LogP contribution is -2.38. The highest BCUT2D eigenvalue weighted by molar-refractivity contribution is 7.16. The van der Waals surface area contributed by atoms with E-state index in [-0.39, 0.29) is 11.9 Å². The molecule has 3 heterocycles. The minimum Gasteiger partial charge on any atom is -0.493 e. The highest BCUT2D eigenvalue weighted by atomic mass is 32.1. The van der Waals surface area contributed by atoms with E-state index in [2.05, 4.69) is 15.6 Å². The molecule has 168 valence electrons. The van der Waals surface area contributed by atoms with Gasteiger partial charge in [-0.3, -0.25) is 10.1 Å². The number of methoxy groups -OCH3 is 3. The first-order chi connectivity index (χ1) is 15.5. The molecule has 11 heteroatoms. The van der Waals surface area contributed by atoms with Crippen LogP contribution in [0.1, 0.15) is 20.2 Å². The second-order valence-electron chi connectivity index (χ2n) is 6.84. The van der Waals surface area contributed by atoms with Crippen LogP contribution in [0.2, 0.25) is 0 Å². The second-order valence-corrected chi connectivity index (χ2v) is 8.87. The van der Waals surface area contributed by atoms with Crippen molar-refractivity contribution in [3.63, 3.8) is 0 Å². The number of nitrogens with zero attached hydrogens (tertiary/aromatic N) is 2. The third-order valence-corrected chi connectivity index (χ3v) is 6.77. The highest BCUT2D eigenvalue weighted by Gasteiger charge is 2.25. The van der Waals surface area contributed by atoms with Crippen LogP contribution < -0.4 is 24.8 Å². The first kappa shape index (κ1) is 21.9. The van der Waals surface area contributed by atoms with Crippen molar-refractivity contribution in [2.24, 2.45) is 0 Å². The Labute approximate surface area is 192 Å². The lowest BCUT2D eigenvalue weighted by molar-refractivity contribution is 0.103. The van der Waals surface area contributed by atoms with E-state index >= 15 is 0 Å². The Morgan fingerprint density at radius 2 is 1.84 bits per heavy atom. The number of fused-ring (bicyclic) bond motifs is 1. The zero-order valence-electron chi connectivity index (χ0n) is 17.8. The van der Waals surface area contributed by atoms with Gasteiger partial charge in [-0.25, -0.2) is 9.78 Å². The molecular formula is C21H22N4O5S2. The van der Waals surface area contributed by atoms with Gasteiger partial charge in [0, 0.05) is 30.0 Å². The summed E-state index contributed by atoms with van der Waals surface area (Å²) in [6.07, 6.45) is 0.614. The number of urea groups is 1. The van der Waals surface area contributed by atoms with Crippen molar-refractivity contribution < 1.29 is 23.8 Å². The zero-order valence-corrected chi connectivity index (χ0v) is 19.4. The number of hydrogen-bond acceptors (Lipinski definition) is 8. The van der Waals surface area contributed by atoms with Gasteiger partial charge in [0.15, 0.2) is 16.6 Å². The molecule has 3 amide bonds. The molecule has 0 saturated heterocycles. The fraction of sp³-hybridized carbons (Fsp3) is 0.286. The number of thiophene rings is 1. The molecule has 2 N–H and O–H groups in total. The van der Waals surface area contributed by atoms with Gasteiger partial charge in [0.25, 0.3) is 5.91 Å². The first-order valence-corrected chi connectivity index (χ1v) is 11.4. The lowest BCUT2D eigenvalue weighted by atomic mass is 10.2. The Balaban J connectivity index is 1.44. The molecule has 0 spiro atoms. The summed E-state index contributed by atoms with van der Waals surface area (Å²) in [5, 5.41) is 8.13. The summed E-state index contributed by atoms with van der Waals surface area (Å²) in [4.78, 5) is 33.0. The number of benzene rings is 1. The Morgan fingerprint density at radius 1 is 1.09 bits per heavy atom. The maximum atomic E-state index is 12.9. The number of nitrogens with one attached hydrogen (secondary N) is 2. The summed E-state index contributed by atoms with van der Waals surface area (Å²) in [5.41, 5.74) is 1.44. The second kappa shape index (κ2) is 9.45. The van der Waals surface area contributed by atoms with Crippen LogP contribution in [0.4, 0.5) is 15.6 Å². The maximum Gasteiger partial charge on any atom is 0.322 e. The van der Waals surface area contributed by atoms with E-state index in [1.165, 1.54) is 44.0 Å². The number of anilines is 2. The highest BCUT2D eigenvalue weighted by Crippen LogP contribution is 2.40. The van der Waals surface area contributed by atoms with E-state index in [9.17, 15) is 9.59 Å².